The molecule has 0 aromatic heterocycles. The van der Waals surface area contributed by atoms with Gasteiger partial charge in [0.1, 0.15) is 12.4 Å². The summed E-state index contributed by atoms with van der Waals surface area (Å²) >= 11 is 0. The maximum Gasteiger partial charge on any atom is 0.189 e. The molecule has 0 amide bonds. The third kappa shape index (κ3) is 8.31. The number of anilines is 1. The SMILES string of the molecule is Cc1cc(C)cc(-c2ccc(OCCN(C)C)c(C(=O)C=Cc3ccccc3N(C)CCN(C)C)c2)c1. The van der Waals surface area contributed by atoms with Crippen molar-refractivity contribution < 1.29 is 9.53 Å². The Kier molecular flexibility index (Phi) is 10.1. The van der Waals surface area contributed by atoms with E-state index >= 15 is 0 Å². The van der Waals surface area contributed by atoms with Gasteiger partial charge < -0.3 is 19.4 Å². The van der Waals surface area contributed by atoms with Gasteiger partial charge in [0.15, 0.2) is 5.78 Å². The van der Waals surface area contributed by atoms with E-state index in [1.807, 2.05) is 56.6 Å². The lowest BCUT2D eigenvalue weighted by atomic mass is 9.97. The number of hydrogen-bond acceptors (Lipinski definition) is 5. The molecule has 196 valence electrons. The van der Waals surface area contributed by atoms with Gasteiger partial charge in [-0.2, -0.15) is 0 Å². The maximum absolute atomic E-state index is 13.6. The maximum atomic E-state index is 13.6. The van der Waals surface area contributed by atoms with Crippen LogP contribution in [0.15, 0.2) is 66.7 Å². The Balaban J connectivity index is 1.93. The summed E-state index contributed by atoms with van der Waals surface area (Å²) < 4.78 is 6.07. The molecule has 0 spiro atoms. The minimum Gasteiger partial charge on any atom is -0.491 e. The number of rotatable bonds is 12. The highest BCUT2D eigenvalue weighted by atomic mass is 16.5. The number of likely N-dealkylation sites (N-methyl/N-ethyl adjacent to an activating group) is 3. The van der Waals surface area contributed by atoms with Crippen LogP contribution in [0.2, 0.25) is 0 Å². The Hall–Kier alpha value is -3.41. The largest absolute Gasteiger partial charge is 0.491 e. The van der Waals surface area contributed by atoms with Crippen LogP contribution in [0.25, 0.3) is 17.2 Å². The van der Waals surface area contributed by atoms with Crippen molar-refractivity contribution in [1.29, 1.82) is 0 Å². The van der Waals surface area contributed by atoms with Gasteiger partial charge in [0.05, 0.1) is 5.56 Å². The highest BCUT2D eigenvalue weighted by molar-refractivity contribution is 6.09. The van der Waals surface area contributed by atoms with Crippen LogP contribution in [0.1, 0.15) is 27.0 Å². The molecule has 0 bridgehead atoms. The Labute approximate surface area is 223 Å². The predicted octanol–water partition coefficient (Wildman–Crippen LogP) is 5.80. The number of carbonyl (C=O) groups excluding carboxylic acids is 1. The van der Waals surface area contributed by atoms with Crippen LogP contribution in [-0.4, -0.2) is 77.1 Å². The minimum absolute atomic E-state index is 0.0724. The first-order valence-electron chi connectivity index (χ1n) is 12.8. The van der Waals surface area contributed by atoms with Crippen LogP contribution in [0, 0.1) is 13.8 Å². The minimum atomic E-state index is -0.0724. The van der Waals surface area contributed by atoms with Crippen molar-refractivity contribution >= 4 is 17.5 Å². The number of para-hydroxylation sites is 1. The summed E-state index contributed by atoms with van der Waals surface area (Å²) in [6, 6.07) is 20.6. The van der Waals surface area contributed by atoms with E-state index in [4.69, 9.17) is 4.74 Å². The summed E-state index contributed by atoms with van der Waals surface area (Å²) in [5.41, 5.74) is 7.19. The number of benzene rings is 3. The lowest BCUT2D eigenvalue weighted by Crippen LogP contribution is -2.28. The van der Waals surface area contributed by atoms with Crippen molar-refractivity contribution in [2.45, 2.75) is 13.8 Å². The number of aryl methyl sites for hydroxylation is 2. The van der Waals surface area contributed by atoms with Crippen LogP contribution in [-0.2, 0) is 0 Å². The average molecular weight is 500 g/mol. The van der Waals surface area contributed by atoms with E-state index in [1.165, 1.54) is 11.1 Å². The second-order valence-corrected chi connectivity index (χ2v) is 10.2. The first-order valence-corrected chi connectivity index (χ1v) is 12.8. The van der Waals surface area contributed by atoms with Gasteiger partial charge in [-0.25, -0.2) is 0 Å². The molecule has 0 saturated heterocycles. The van der Waals surface area contributed by atoms with Crippen LogP contribution >= 0.6 is 0 Å². The standard InChI is InChI=1S/C32H41N3O2/c1-24-20-25(2)22-28(21-24)27-13-15-32(37-19-18-34(5)6)29(23-27)31(36)14-12-26-10-8-9-11-30(26)35(7)17-16-33(3)4/h8-15,20-23H,16-19H2,1-7H3. The summed E-state index contributed by atoms with van der Waals surface area (Å²) in [5, 5.41) is 0. The van der Waals surface area contributed by atoms with Crippen molar-refractivity contribution in [3.05, 3.63) is 89.0 Å². The second-order valence-electron chi connectivity index (χ2n) is 10.2. The number of nitrogens with zero attached hydrogens (tertiary/aromatic N) is 3. The van der Waals surface area contributed by atoms with Crippen LogP contribution in [0.4, 0.5) is 5.69 Å². The van der Waals surface area contributed by atoms with Crippen molar-refractivity contribution in [2.24, 2.45) is 0 Å². The molecular weight excluding hydrogens is 458 g/mol. The Morgan fingerprint density at radius 1 is 0.784 bits per heavy atom. The number of ether oxygens (including phenoxy) is 1. The van der Waals surface area contributed by atoms with Crippen molar-refractivity contribution in [2.75, 3.05) is 66.4 Å². The zero-order valence-electron chi connectivity index (χ0n) is 23.4. The Morgan fingerprint density at radius 3 is 2.14 bits per heavy atom. The molecule has 0 radical (unpaired) electrons. The number of carbonyl (C=O) groups is 1. The third-order valence-corrected chi connectivity index (χ3v) is 6.24. The topological polar surface area (TPSA) is 36.0 Å². The second kappa shape index (κ2) is 13.2. The molecule has 3 aromatic rings. The first-order chi connectivity index (χ1) is 17.6. The average Bonchev–Trinajstić information content (AvgIpc) is 2.85. The lowest BCUT2D eigenvalue weighted by molar-refractivity contribution is 0.104. The molecule has 3 aromatic carbocycles. The van der Waals surface area contributed by atoms with Crippen LogP contribution < -0.4 is 9.64 Å². The van der Waals surface area contributed by atoms with E-state index < -0.39 is 0 Å². The van der Waals surface area contributed by atoms with Gasteiger partial charge in [-0.1, -0.05) is 53.6 Å². The molecule has 0 aliphatic heterocycles. The van der Waals surface area contributed by atoms with Gasteiger partial charge >= 0.3 is 0 Å². The van der Waals surface area contributed by atoms with Gasteiger partial charge in [0.25, 0.3) is 0 Å². The zero-order valence-corrected chi connectivity index (χ0v) is 23.4. The van der Waals surface area contributed by atoms with Crippen molar-refractivity contribution in [3.63, 3.8) is 0 Å². The molecule has 0 aliphatic carbocycles. The molecule has 5 heteroatoms. The van der Waals surface area contributed by atoms with E-state index in [9.17, 15) is 4.79 Å². The third-order valence-electron chi connectivity index (χ3n) is 6.24. The molecule has 0 saturated carbocycles. The van der Waals surface area contributed by atoms with Crippen molar-refractivity contribution in [3.8, 4) is 16.9 Å². The molecular formula is C32H41N3O2. The molecule has 0 fully saturated rings. The Morgan fingerprint density at radius 2 is 1.46 bits per heavy atom. The molecule has 5 nitrogen and oxygen atoms in total. The van der Waals surface area contributed by atoms with E-state index in [0.29, 0.717) is 17.9 Å². The summed E-state index contributed by atoms with van der Waals surface area (Å²) in [4.78, 5) is 20.0. The fourth-order valence-electron chi connectivity index (χ4n) is 4.21. The molecule has 0 unspecified atom stereocenters. The molecule has 3 rings (SSSR count). The fraction of sp³-hybridized carbons (Fsp3) is 0.344. The summed E-state index contributed by atoms with van der Waals surface area (Å²) in [7, 11) is 10.2. The summed E-state index contributed by atoms with van der Waals surface area (Å²) in [6.07, 6.45) is 3.58. The van der Waals surface area contributed by atoms with Gasteiger partial charge in [-0.15, -0.1) is 0 Å². The number of allylic oxidation sites excluding steroid dienone is 1. The van der Waals surface area contributed by atoms with Gasteiger partial charge in [-0.3, -0.25) is 4.79 Å². The Bertz CT molecular complexity index is 1210. The molecule has 0 atom stereocenters. The van der Waals surface area contributed by atoms with E-state index in [1.54, 1.807) is 6.08 Å². The molecule has 0 aliphatic rings. The monoisotopic (exact) mass is 499 g/mol. The van der Waals surface area contributed by atoms with Gasteiger partial charge in [0.2, 0.25) is 0 Å². The number of ketones is 1. The van der Waals surface area contributed by atoms with Gasteiger partial charge in [0, 0.05) is 32.4 Å². The van der Waals surface area contributed by atoms with Crippen LogP contribution in [0.5, 0.6) is 5.75 Å². The smallest absolute Gasteiger partial charge is 0.189 e. The molecule has 0 heterocycles. The molecule has 37 heavy (non-hydrogen) atoms. The summed E-state index contributed by atoms with van der Waals surface area (Å²) in [6.45, 7) is 7.32. The highest BCUT2D eigenvalue weighted by Gasteiger charge is 2.14. The van der Waals surface area contributed by atoms with E-state index in [0.717, 1.165) is 42.0 Å². The first kappa shape index (κ1) is 28.2. The van der Waals surface area contributed by atoms with Gasteiger partial charge in [-0.05, 0) is 89.1 Å². The van der Waals surface area contributed by atoms with E-state index in [2.05, 4.69) is 74.0 Å². The quantitative estimate of drug-likeness (QED) is 0.232. The predicted molar refractivity (Wildman–Crippen MR) is 157 cm³/mol. The fourth-order valence-corrected chi connectivity index (χ4v) is 4.21. The summed E-state index contributed by atoms with van der Waals surface area (Å²) in [5.74, 6) is 0.540. The van der Waals surface area contributed by atoms with Crippen molar-refractivity contribution in [1.82, 2.24) is 9.80 Å². The lowest BCUT2D eigenvalue weighted by Gasteiger charge is -2.23. The zero-order chi connectivity index (χ0) is 26.9. The highest BCUT2D eigenvalue weighted by Crippen LogP contribution is 2.29. The van der Waals surface area contributed by atoms with E-state index in [-0.39, 0.29) is 5.78 Å². The number of hydrogen-bond donors (Lipinski definition) is 0. The molecule has 0 N–H and O–H groups in total. The van der Waals surface area contributed by atoms with Crippen LogP contribution in [0.3, 0.4) is 0 Å². The normalized spacial score (nSPS) is 11.5.